The van der Waals surface area contributed by atoms with Crippen LogP contribution in [0.15, 0.2) is 42.5 Å². The molecule has 3 amide bonds. The quantitative estimate of drug-likeness (QED) is 0.538. The second-order valence-electron chi connectivity index (χ2n) is 10.7. The van der Waals surface area contributed by atoms with E-state index >= 15 is 0 Å². The topological polar surface area (TPSA) is 91.4 Å². The Morgan fingerprint density at radius 1 is 0.974 bits per heavy atom. The minimum absolute atomic E-state index is 0.187. The molecule has 2 aromatic rings. The van der Waals surface area contributed by atoms with Gasteiger partial charge in [0.15, 0.2) is 6.10 Å². The van der Waals surface area contributed by atoms with E-state index in [1.165, 1.54) is 36.6 Å². The van der Waals surface area contributed by atoms with Crippen molar-refractivity contribution in [2.75, 3.05) is 26.2 Å². The van der Waals surface area contributed by atoms with Crippen LogP contribution in [0.2, 0.25) is 0 Å². The predicted molar refractivity (Wildman–Crippen MR) is 139 cm³/mol. The van der Waals surface area contributed by atoms with Crippen molar-refractivity contribution in [2.24, 2.45) is 0 Å². The Morgan fingerprint density at radius 2 is 1.74 bits per heavy atom. The highest BCUT2D eigenvalue weighted by Crippen LogP contribution is 2.33. The number of hydrogen-bond donors (Lipinski definition) is 1. The Balaban J connectivity index is 1.05. The van der Waals surface area contributed by atoms with Crippen LogP contribution in [-0.2, 0) is 27.6 Å². The molecule has 9 heteroatoms. The number of amides is 3. The van der Waals surface area contributed by atoms with Gasteiger partial charge < -0.3 is 4.74 Å². The van der Waals surface area contributed by atoms with E-state index in [0.717, 1.165) is 30.3 Å². The van der Waals surface area contributed by atoms with E-state index in [9.17, 15) is 14.4 Å². The molecular weight excluding hydrogens is 484 g/mol. The lowest BCUT2D eigenvalue weighted by atomic mass is 10.0. The highest BCUT2D eigenvalue weighted by molar-refractivity contribution is 6.00. The summed E-state index contributed by atoms with van der Waals surface area (Å²) in [6.07, 6.45) is 2.32. The number of carbonyl (C=O) groups is 3. The molecule has 3 heterocycles. The summed E-state index contributed by atoms with van der Waals surface area (Å²) >= 11 is 0. The molecule has 9 nitrogen and oxygen atoms in total. The standard InChI is InChI=1S/C29H34N4O5/c1-19(31-13-15-32(16-14-31)22-9-10-22)21-7-5-20(6-8-21)18-37-25-4-2-3-23-24(25)17-33(29(23)36)38-26-11-12-27(34)30-28(26)35/h2-8,19,22,26H,9-18H2,1H3,(H,30,34,35)/t19-,26?/m1/s1. The summed E-state index contributed by atoms with van der Waals surface area (Å²) in [5.41, 5.74) is 3.60. The summed E-state index contributed by atoms with van der Waals surface area (Å²) in [6, 6.07) is 15.2. The predicted octanol–water partition coefficient (Wildman–Crippen LogP) is 2.80. The fourth-order valence-electron chi connectivity index (χ4n) is 5.62. The molecule has 6 rings (SSSR count). The number of nitrogens with zero attached hydrogens (tertiary/aromatic N) is 3. The van der Waals surface area contributed by atoms with E-state index in [0.29, 0.717) is 24.0 Å². The monoisotopic (exact) mass is 518 g/mol. The van der Waals surface area contributed by atoms with Crippen LogP contribution in [0.3, 0.4) is 0 Å². The van der Waals surface area contributed by atoms with Crippen LogP contribution in [0.1, 0.15) is 65.7 Å². The zero-order valence-electron chi connectivity index (χ0n) is 21.7. The van der Waals surface area contributed by atoms with Crippen molar-refractivity contribution < 1.29 is 24.0 Å². The van der Waals surface area contributed by atoms with Crippen molar-refractivity contribution in [3.8, 4) is 5.75 Å². The lowest BCUT2D eigenvalue weighted by molar-refractivity contribution is -0.183. The van der Waals surface area contributed by atoms with E-state index in [1.807, 2.05) is 6.07 Å². The molecule has 2 atom stereocenters. The number of fused-ring (bicyclic) bond motifs is 1. The molecule has 1 saturated carbocycles. The fourth-order valence-corrected chi connectivity index (χ4v) is 5.62. The first-order valence-corrected chi connectivity index (χ1v) is 13.6. The molecule has 2 saturated heterocycles. The first-order chi connectivity index (χ1) is 18.5. The van der Waals surface area contributed by atoms with Crippen molar-refractivity contribution in [3.63, 3.8) is 0 Å². The molecule has 0 bridgehead atoms. The van der Waals surface area contributed by atoms with Crippen molar-refractivity contribution in [2.45, 2.75) is 63.9 Å². The number of benzene rings is 2. The molecule has 38 heavy (non-hydrogen) atoms. The number of piperazine rings is 1. The molecular formula is C29H34N4O5. The maximum atomic E-state index is 12.9. The van der Waals surface area contributed by atoms with Gasteiger partial charge in [-0.2, -0.15) is 0 Å². The van der Waals surface area contributed by atoms with Gasteiger partial charge >= 0.3 is 0 Å². The summed E-state index contributed by atoms with van der Waals surface area (Å²) < 4.78 is 6.14. The van der Waals surface area contributed by atoms with Gasteiger partial charge in [-0.15, -0.1) is 0 Å². The van der Waals surface area contributed by atoms with Gasteiger partial charge in [-0.1, -0.05) is 30.3 Å². The normalized spacial score (nSPS) is 23.3. The van der Waals surface area contributed by atoms with Gasteiger partial charge in [0.05, 0.1) is 12.1 Å². The van der Waals surface area contributed by atoms with E-state index < -0.39 is 12.0 Å². The van der Waals surface area contributed by atoms with Crippen LogP contribution >= 0.6 is 0 Å². The van der Waals surface area contributed by atoms with Crippen molar-refractivity contribution >= 4 is 17.7 Å². The van der Waals surface area contributed by atoms with E-state index in [2.05, 4.69) is 46.3 Å². The number of piperidine rings is 1. The first-order valence-electron chi connectivity index (χ1n) is 13.6. The molecule has 1 N–H and O–H groups in total. The molecule has 3 aliphatic heterocycles. The average Bonchev–Trinajstić information content (AvgIpc) is 3.74. The third-order valence-corrected chi connectivity index (χ3v) is 8.15. The molecule has 0 spiro atoms. The number of carbonyl (C=O) groups excluding carboxylic acids is 3. The lowest BCUT2D eigenvalue weighted by Crippen LogP contribution is -2.47. The second-order valence-corrected chi connectivity index (χ2v) is 10.7. The van der Waals surface area contributed by atoms with Crippen LogP contribution in [0.25, 0.3) is 0 Å². The van der Waals surface area contributed by atoms with Crippen molar-refractivity contribution in [3.05, 3.63) is 64.7 Å². The number of hydroxylamine groups is 2. The SMILES string of the molecule is C[C@H](c1ccc(COc2cccc3c2CN(OC2CCC(=O)NC2=O)C3=O)cc1)N1CCN(C2CC2)CC1. The van der Waals surface area contributed by atoms with Gasteiger partial charge in [0.25, 0.3) is 11.8 Å². The fraction of sp³-hybridized carbons (Fsp3) is 0.483. The summed E-state index contributed by atoms with van der Waals surface area (Å²) in [4.78, 5) is 47.3. The maximum Gasteiger partial charge on any atom is 0.278 e. The highest BCUT2D eigenvalue weighted by atomic mass is 16.7. The maximum absolute atomic E-state index is 12.9. The Kier molecular flexibility index (Phi) is 6.90. The van der Waals surface area contributed by atoms with Crippen molar-refractivity contribution in [1.29, 1.82) is 0 Å². The Bertz CT molecular complexity index is 1220. The molecule has 1 unspecified atom stereocenters. The van der Waals surface area contributed by atoms with E-state index in [1.54, 1.807) is 12.1 Å². The highest BCUT2D eigenvalue weighted by Gasteiger charge is 2.36. The van der Waals surface area contributed by atoms with Gasteiger partial charge in [-0.25, -0.2) is 5.06 Å². The minimum atomic E-state index is -0.863. The van der Waals surface area contributed by atoms with Crippen molar-refractivity contribution in [1.82, 2.24) is 20.2 Å². The third-order valence-electron chi connectivity index (χ3n) is 8.15. The smallest absolute Gasteiger partial charge is 0.278 e. The number of ether oxygens (including phenoxy) is 1. The third kappa shape index (κ3) is 5.18. The van der Waals surface area contributed by atoms with Crippen LogP contribution < -0.4 is 10.1 Å². The Morgan fingerprint density at radius 3 is 2.45 bits per heavy atom. The Hall–Kier alpha value is -3.27. The molecule has 0 aromatic heterocycles. The van der Waals surface area contributed by atoms with E-state index in [-0.39, 0.29) is 31.2 Å². The first kappa shape index (κ1) is 25.0. The molecule has 2 aromatic carbocycles. The number of hydrogen-bond acceptors (Lipinski definition) is 7. The molecule has 4 aliphatic rings. The number of nitrogens with one attached hydrogen (secondary N) is 1. The summed E-state index contributed by atoms with van der Waals surface area (Å²) in [7, 11) is 0. The van der Waals surface area contributed by atoms with Gasteiger partial charge in [0, 0.05) is 50.2 Å². The minimum Gasteiger partial charge on any atom is -0.489 e. The molecule has 0 radical (unpaired) electrons. The zero-order valence-corrected chi connectivity index (χ0v) is 21.7. The number of rotatable bonds is 8. The van der Waals surface area contributed by atoms with Crippen LogP contribution in [0.4, 0.5) is 0 Å². The van der Waals surface area contributed by atoms with Crippen LogP contribution in [0.5, 0.6) is 5.75 Å². The molecule has 200 valence electrons. The average molecular weight is 519 g/mol. The van der Waals surface area contributed by atoms with Crippen LogP contribution in [0, 0.1) is 0 Å². The van der Waals surface area contributed by atoms with Crippen LogP contribution in [-0.4, -0.2) is 70.9 Å². The largest absolute Gasteiger partial charge is 0.489 e. The van der Waals surface area contributed by atoms with Gasteiger partial charge in [-0.05, 0) is 49.4 Å². The lowest BCUT2D eigenvalue weighted by Gasteiger charge is -2.38. The summed E-state index contributed by atoms with van der Waals surface area (Å²) in [6.45, 7) is 7.42. The number of imide groups is 1. The van der Waals surface area contributed by atoms with Gasteiger partial charge in [-0.3, -0.25) is 34.3 Å². The molecule has 1 aliphatic carbocycles. The van der Waals surface area contributed by atoms with Gasteiger partial charge in [0.1, 0.15) is 12.4 Å². The Labute approximate surface area is 222 Å². The second kappa shape index (κ2) is 10.5. The zero-order chi connectivity index (χ0) is 26.2. The summed E-state index contributed by atoms with van der Waals surface area (Å²) in [5, 5.41) is 3.45. The summed E-state index contributed by atoms with van der Waals surface area (Å²) in [5.74, 6) is -0.529. The van der Waals surface area contributed by atoms with E-state index in [4.69, 9.17) is 9.57 Å². The van der Waals surface area contributed by atoms with Gasteiger partial charge in [0.2, 0.25) is 5.91 Å². The molecule has 3 fully saturated rings.